The van der Waals surface area contributed by atoms with Crippen molar-refractivity contribution in [3.63, 3.8) is 0 Å². The van der Waals surface area contributed by atoms with E-state index in [1.54, 1.807) is 6.07 Å². The summed E-state index contributed by atoms with van der Waals surface area (Å²) in [5.41, 5.74) is 8.06. The lowest BCUT2D eigenvalue weighted by molar-refractivity contribution is 0.0700. The van der Waals surface area contributed by atoms with E-state index in [2.05, 4.69) is 13.8 Å². The smallest absolute Gasteiger partial charge is 0.256 e. The molecule has 1 aromatic carbocycles. The number of nitrogen functional groups attached to an aromatic ring is 1. The number of amides is 1. The molecule has 1 rings (SSSR count). The molecule has 0 saturated carbocycles. The number of nitrogens with two attached hydrogens (primary N) is 1. The first kappa shape index (κ1) is 13.6. The highest BCUT2D eigenvalue weighted by Crippen LogP contribution is 2.20. The Labute approximate surface area is 104 Å². The molecule has 0 spiro atoms. The molecule has 2 N–H and O–H groups in total. The van der Waals surface area contributed by atoms with Crippen molar-refractivity contribution in [1.29, 1.82) is 0 Å². The van der Waals surface area contributed by atoms with E-state index in [4.69, 9.17) is 5.73 Å². The van der Waals surface area contributed by atoms with Gasteiger partial charge in [-0.05, 0) is 38.8 Å². The Morgan fingerprint density at radius 2 is 2.06 bits per heavy atom. The lowest BCUT2D eigenvalue weighted by Gasteiger charge is -2.28. The summed E-state index contributed by atoms with van der Waals surface area (Å²) in [7, 11) is 0. The molecule has 0 bridgehead atoms. The van der Waals surface area contributed by atoms with Gasteiger partial charge in [-0.3, -0.25) is 4.79 Å². The molecule has 1 unspecified atom stereocenters. The Morgan fingerprint density at radius 3 is 2.53 bits per heavy atom. The predicted octanol–water partition coefficient (Wildman–Crippen LogP) is 2.84. The third-order valence-corrected chi connectivity index (χ3v) is 3.24. The predicted molar refractivity (Wildman–Crippen MR) is 72.1 cm³/mol. The third-order valence-electron chi connectivity index (χ3n) is 3.24. The van der Waals surface area contributed by atoms with Crippen LogP contribution in [0.4, 0.5) is 5.69 Å². The molecular formula is C14H22N2O. The van der Waals surface area contributed by atoms with Crippen LogP contribution in [0.1, 0.15) is 43.1 Å². The molecule has 94 valence electrons. The first-order valence-electron chi connectivity index (χ1n) is 6.18. The highest BCUT2D eigenvalue weighted by molar-refractivity contribution is 6.00. The maximum atomic E-state index is 12.5. The Bertz CT molecular complexity index is 381. The zero-order valence-corrected chi connectivity index (χ0v) is 11.2. The first-order valence-corrected chi connectivity index (χ1v) is 6.18. The van der Waals surface area contributed by atoms with E-state index in [0.717, 1.165) is 12.0 Å². The van der Waals surface area contributed by atoms with Crippen LogP contribution in [0.5, 0.6) is 0 Å². The minimum absolute atomic E-state index is 0.0393. The molecule has 0 aliphatic carbocycles. The SMILES string of the molecule is CCC(C)N(CC)C(=O)c1c(C)cccc1N. The largest absolute Gasteiger partial charge is 0.398 e. The Kier molecular flexibility index (Phi) is 4.55. The van der Waals surface area contributed by atoms with Crippen molar-refractivity contribution in [3.05, 3.63) is 29.3 Å². The normalized spacial score (nSPS) is 12.2. The minimum Gasteiger partial charge on any atom is -0.398 e. The number of rotatable bonds is 4. The van der Waals surface area contributed by atoms with E-state index in [-0.39, 0.29) is 11.9 Å². The molecule has 1 amide bonds. The molecule has 17 heavy (non-hydrogen) atoms. The Hall–Kier alpha value is -1.51. The van der Waals surface area contributed by atoms with Crippen molar-refractivity contribution in [3.8, 4) is 0 Å². The standard InChI is InChI=1S/C14H22N2O/c1-5-11(4)16(6-2)14(17)13-10(3)8-7-9-12(13)15/h7-9,11H,5-6,15H2,1-4H3. The number of carbonyl (C=O) groups is 1. The summed E-state index contributed by atoms with van der Waals surface area (Å²) in [5, 5.41) is 0. The first-order chi connectivity index (χ1) is 8.02. The van der Waals surface area contributed by atoms with Crippen molar-refractivity contribution in [2.75, 3.05) is 12.3 Å². The topological polar surface area (TPSA) is 46.3 Å². The number of nitrogens with zero attached hydrogens (tertiary/aromatic N) is 1. The fraction of sp³-hybridized carbons (Fsp3) is 0.500. The van der Waals surface area contributed by atoms with E-state index in [1.165, 1.54) is 0 Å². The second kappa shape index (κ2) is 5.71. The molecule has 0 saturated heterocycles. The van der Waals surface area contributed by atoms with Gasteiger partial charge in [0.25, 0.3) is 5.91 Å². The van der Waals surface area contributed by atoms with Gasteiger partial charge in [0.15, 0.2) is 0 Å². The number of anilines is 1. The molecule has 3 nitrogen and oxygen atoms in total. The summed E-state index contributed by atoms with van der Waals surface area (Å²) in [6.07, 6.45) is 0.950. The number of hydrogen-bond acceptors (Lipinski definition) is 2. The molecule has 0 aliphatic rings. The molecule has 0 heterocycles. The van der Waals surface area contributed by atoms with Crippen LogP contribution in [0.15, 0.2) is 18.2 Å². The molecule has 0 fully saturated rings. The van der Waals surface area contributed by atoms with Crippen LogP contribution in [-0.2, 0) is 0 Å². The molecule has 1 aromatic rings. The van der Waals surface area contributed by atoms with Gasteiger partial charge in [0.05, 0.1) is 5.56 Å². The van der Waals surface area contributed by atoms with Gasteiger partial charge in [-0.2, -0.15) is 0 Å². The average Bonchev–Trinajstić information content (AvgIpc) is 2.29. The fourth-order valence-electron chi connectivity index (χ4n) is 2.00. The van der Waals surface area contributed by atoms with Gasteiger partial charge in [-0.15, -0.1) is 0 Å². The van der Waals surface area contributed by atoms with Crippen LogP contribution in [0, 0.1) is 6.92 Å². The highest BCUT2D eigenvalue weighted by atomic mass is 16.2. The lowest BCUT2D eigenvalue weighted by Crippen LogP contribution is -2.38. The number of aryl methyl sites for hydroxylation is 1. The van der Waals surface area contributed by atoms with Crippen LogP contribution in [0.25, 0.3) is 0 Å². The van der Waals surface area contributed by atoms with Gasteiger partial charge >= 0.3 is 0 Å². The summed E-state index contributed by atoms with van der Waals surface area (Å²) in [4.78, 5) is 14.3. The maximum absolute atomic E-state index is 12.5. The maximum Gasteiger partial charge on any atom is 0.256 e. The third kappa shape index (κ3) is 2.78. The van der Waals surface area contributed by atoms with Crippen LogP contribution in [-0.4, -0.2) is 23.4 Å². The average molecular weight is 234 g/mol. The van der Waals surface area contributed by atoms with Gasteiger partial charge in [-0.25, -0.2) is 0 Å². The van der Waals surface area contributed by atoms with Crippen molar-refractivity contribution < 1.29 is 4.79 Å². The van der Waals surface area contributed by atoms with Crippen LogP contribution < -0.4 is 5.73 Å². The second-order valence-electron chi connectivity index (χ2n) is 4.39. The Morgan fingerprint density at radius 1 is 1.41 bits per heavy atom. The zero-order chi connectivity index (χ0) is 13.0. The van der Waals surface area contributed by atoms with Crippen molar-refractivity contribution in [1.82, 2.24) is 4.90 Å². The van der Waals surface area contributed by atoms with E-state index < -0.39 is 0 Å². The van der Waals surface area contributed by atoms with Crippen LogP contribution in [0.3, 0.4) is 0 Å². The number of carbonyl (C=O) groups excluding carboxylic acids is 1. The molecule has 0 radical (unpaired) electrons. The van der Waals surface area contributed by atoms with Gasteiger partial charge in [0.1, 0.15) is 0 Å². The van der Waals surface area contributed by atoms with Crippen molar-refractivity contribution >= 4 is 11.6 Å². The van der Waals surface area contributed by atoms with Gasteiger partial charge in [-0.1, -0.05) is 19.1 Å². The summed E-state index contributed by atoms with van der Waals surface area (Å²) < 4.78 is 0. The van der Waals surface area contributed by atoms with Crippen LogP contribution >= 0.6 is 0 Å². The van der Waals surface area contributed by atoms with E-state index in [0.29, 0.717) is 17.8 Å². The summed E-state index contributed by atoms with van der Waals surface area (Å²) in [6, 6.07) is 5.83. The molecular weight excluding hydrogens is 212 g/mol. The molecule has 0 aromatic heterocycles. The van der Waals surface area contributed by atoms with Gasteiger partial charge < -0.3 is 10.6 Å². The lowest BCUT2D eigenvalue weighted by atomic mass is 10.0. The second-order valence-corrected chi connectivity index (χ2v) is 4.39. The van der Waals surface area contributed by atoms with Crippen molar-refractivity contribution in [2.24, 2.45) is 0 Å². The van der Waals surface area contributed by atoms with Crippen LogP contribution in [0.2, 0.25) is 0 Å². The molecule has 1 atom stereocenters. The van der Waals surface area contributed by atoms with E-state index >= 15 is 0 Å². The monoisotopic (exact) mass is 234 g/mol. The molecule has 0 aliphatic heterocycles. The van der Waals surface area contributed by atoms with Gasteiger partial charge in [0.2, 0.25) is 0 Å². The highest BCUT2D eigenvalue weighted by Gasteiger charge is 2.21. The number of benzene rings is 1. The van der Waals surface area contributed by atoms with Gasteiger partial charge in [0, 0.05) is 18.3 Å². The Balaban J connectivity index is 3.10. The summed E-state index contributed by atoms with van der Waals surface area (Å²) >= 11 is 0. The summed E-state index contributed by atoms with van der Waals surface area (Å²) in [5.74, 6) is 0.0393. The minimum atomic E-state index is 0.0393. The van der Waals surface area contributed by atoms with E-state index in [1.807, 2.05) is 30.9 Å². The van der Waals surface area contributed by atoms with Crippen molar-refractivity contribution in [2.45, 2.75) is 40.2 Å². The number of hydrogen-bond donors (Lipinski definition) is 1. The quantitative estimate of drug-likeness (QED) is 0.814. The summed E-state index contributed by atoms with van der Waals surface area (Å²) in [6.45, 7) is 8.78. The van der Waals surface area contributed by atoms with E-state index in [9.17, 15) is 4.79 Å². The zero-order valence-electron chi connectivity index (χ0n) is 11.2. The molecule has 3 heteroatoms. The fourth-order valence-corrected chi connectivity index (χ4v) is 2.00.